The van der Waals surface area contributed by atoms with Crippen molar-refractivity contribution in [3.05, 3.63) is 42.1 Å². The van der Waals surface area contributed by atoms with Crippen LogP contribution in [0.2, 0.25) is 0 Å². The Bertz CT molecular complexity index is 440. The topological polar surface area (TPSA) is 43.8 Å². The molecule has 1 heterocycles. The van der Waals surface area contributed by atoms with Crippen molar-refractivity contribution in [1.29, 1.82) is 0 Å². The fraction of sp³-hybridized carbons (Fsp3) is 0.250. The molecule has 1 atom stereocenters. The number of benzene rings is 1. The Hall–Kier alpha value is -1.61. The first-order valence-corrected chi connectivity index (χ1v) is 5.02. The van der Waals surface area contributed by atoms with E-state index in [1.54, 1.807) is 6.20 Å². The average Bonchev–Trinajstić information content (AvgIpc) is 2.65. The van der Waals surface area contributed by atoms with Gasteiger partial charge < -0.3 is 5.73 Å². The normalized spacial score (nSPS) is 12.7. The number of nitrogens with zero attached hydrogens (tertiary/aromatic N) is 2. The number of hydrogen-bond donors (Lipinski definition) is 1. The molecule has 1 aromatic carbocycles. The number of nitrogens with two attached hydrogens (primary N) is 1. The van der Waals surface area contributed by atoms with E-state index in [0.29, 0.717) is 0 Å². The van der Waals surface area contributed by atoms with Gasteiger partial charge in [0.1, 0.15) is 0 Å². The SMILES string of the molecule is C[C@H](N)c1ccc(-c2ccnn2C)cc1. The van der Waals surface area contributed by atoms with Gasteiger partial charge in [0.2, 0.25) is 0 Å². The predicted octanol–water partition coefficient (Wildman–Crippen LogP) is 2.11. The Morgan fingerprint density at radius 1 is 1.20 bits per heavy atom. The predicted molar refractivity (Wildman–Crippen MR) is 61.2 cm³/mol. The lowest BCUT2D eigenvalue weighted by Crippen LogP contribution is -2.04. The smallest absolute Gasteiger partial charge is 0.0678 e. The third-order valence-electron chi connectivity index (χ3n) is 2.55. The maximum atomic E-state index is 5.79. The quantitative estimate of drug-likeness (QED) is 0.808. The highest BCUT2D eigenvalue weighted by Crippen LogP contribution is 2.20. The molecule has 0 spiro atoms. The maximum absolute atomic E-state index is 5.79. The van der Waals surface area contributed by atoms with Crippen molar-refractivity contribution < 1.29 is 0 Å². The molecule has 78 valence electrons. The molecule has 0 amide bonds. The standard InChI is InChI=1S/C12H15N3/c1-9(13)10-3-5-11(6-4-10)12-7-8-14-15(12)2/h3-9H,13H2,1-2H3/t9-/m0/s1. The molecule has 0 aliphatic heterocycles. The fourth-order valence-corrected chi connectivity index (χ4v) is 1.61. The van der Waals surface area contributed by atoms with Crippen LogP contribution in [-0.2, 0) is 7.05 Å². The molecule has 2 N–H and O–H groups in total. The summed E-state index contributed by atoms with van der Waals surface area (Å²) in [5, 5.41) is 4.14. The monoisotopic (exact) mass is 201 g/mol. The second-order valence-electron chi connectivity index (χ2n) is 3.75. The number of rotatable bonds is 2. The van der Waals surface area contributed by atoms with Gasteiger partial charge in [-0.1, -0.05) is 24.3 Å². The molecule has 15 heavy (non-hydrogen) atoms. The van der Waals surface area contributed by atoms with Crippen molar-refractivity contribution >= 4 is 0 Å². The summed E-state index contributed by atoms with van der Waals surface area (Å²) in [7, 11) is 1.94. The summed E-state index contributed by atoms with van der Waals surface area (Å²) in [4.78, 5) is 0. The fourth-order valence-electron chi connectivity index (χ4n) is 1.61. The van der Waals surface area contributed by atoms with E-state index in [-0.39, 0.29) is 6.04 Å². The molecule has 0 unspecified atom stereocenters. The molecule has 0 aliphatic rings. The summed E-state index contributed by atoms with van der Waals surface area (Å²) in [5.74, 6) is 0. The van der Waals surface area contributed by atoms with Crippen molar-refractivity contribution in [3.8, 4) is 11.3 Å². The lowest BCUT2D eigenvalue weighted by Gasteiger charge is -2.07. The summed E-state index contributed by atoms with van der Waals surface area (Å²) in [6, 6.07) is 10.4. The lowest BCUT2D eigenvalue weighted by molar-refractivity contribution is 0.775. The minimum Gasteiger partial charge on any atom is -0.324 e. The second-order valence-corrected chi connectivity index (χ2v) is 3.75. The van der Waals surface area contributed by atoms with Gasteiger partial charge in [-0.15, -0.1) is 0 Å². The Labute approximate surface area is 89.5 Å². The molecule has 0 saturated carbocycles. The van der Waals surface area contributed by atoms with Gasteiger partial charge in [0, 0.05) is 19.3 Å². The number of aromatic nitrogens is 2. The van der Waals surface area contributed by atoms with E-state index in [0.717, 1.165) is 11.3 Å². The summed E-state index contributed by atoms with van der Waals surface area (Å²) in [6.45, 7) is 1.99. The zero-order chi connectivity index (χ0) is 10.8. The molecule has 0 aliphatic carbocycles. The van der Waals surface area contributed by atoms with E-state index in [4.69, 9.17) is 5.73 Å². The van der Waals surface area contributed by atoms with Crippen LogP contribution in [0.3, 0.4) is 0 Å². The van der Waals surface area contributed by atoms with Gasteiger partial charge in [0.05, 0.1) is 5.69 Å². The first kappa shape index (κ1) is 9.93. The van der Waals surface area contributed by atoms with Gasteiger partial charge >= 0.3 is 0 Å². The van der Waals surface area contributed by atoms with Gasteiger partial charge in [0.25, 0.3) is 0 Å². The van der Waals surface area contributed by atoms with Gasteiger partial charge in [-0.05, 0) is 24.1 Å². The second kappa shape index (κ2) is 3.87. The summed E-state index contributed by atoms with van der Waals surface area (Å²) in [6.07, 6.45) is 1.80. The highest BCUT2D eigenvalue weighted by Gasteiger charge is 2.03. The summed E-state index contributed by atoms with van der Waals surface area (Å²) < 4.78 is 1.86. The summed E-state index contributed by atoms with van der Waals surface area (Å²) in [5.41, 5.74) is 9.23. The van der Waals surface area contributed by atoms with Crippen LogP contribution >= 0.6 is 0 Å². The molecule has 2 rings (SSSR count). The Morgan fingerprint density at radius 3 is 2.33 bits per heavy atom. The van der Waals surface area contributed by atoms with Crippen LogP contribution in [-0.4, -0.2) is 9.78 Å². The van der Waals surface area contributed by atoms with Crippen LogP contribution in [0.1, 0.15) is 18.5 Å². The molecule has 0 bridgehead atoms. The zero-order valence-electron chi connectivity index (χ0n) is 9.01. The van der Waals surface area contributed by atoms with Gasteiger partial charge in [-0.3, -0.25) is 4.68 Å². The van der Waals surface area contributed by atoms with E-state index >= 15 is 0 Å². The highest BCUT2D eigenvalue weighted by atomic mass is 15.2. The van der Waals surface area contributed by atoms with Crippen LogP contribution in [0.4, 0.5) is 0 Å². The molecule has 3 heteroatoms. The van der Waals surface area contributed by atoms with Crippen molar-refractivity contribution in [2.45, 2.75) is 13.0 Å². The molecule has 0 fully saturated rings. The van der Waals surface area contributed by atoms with Crippen LogP contribution in [0.15, 0.2) is 36.5 Å². The lowest BCUT2D eigenvalue weighted by atomic mass is 10.1. The molecular formula is C12H15N3. The van der Waals surface area contributed by atoms with Gasteiger partial charge in [-0.25, -0.2) is 0 Å². The van der Waals surface area contributed by atoms with Gasteiger partial charge in [0.15, 0.2) is 0 Å². The third kappa shape index (κ3) is 1.92. The molecule has 0 saturated heterocycles. The molecule has 1 aromatic heterocycles. The molecule has 0 radical (unpaired) electrons. The Balaban J connectivity index is 2.36. The average molecular weight is 201 g/mol. The minimum absolute atomic E-state index is 0.0885. The number of aryl methyl sites for hydroxylation is 1. The number of hydrogen-bond acceptors (Lipinski definition) is 2. The van der Waals surface area contributed by atoms with E-state index in [1.807, 2.05) is 24.7 Å². The van der Waals surface area contributed by atoms with Crippen molar-refractivity contribution in [2.24, 2.45) is 12.8 Å². The molecular weight excluding hydrogens is 186 g/mol. The maximum Gasteiger partial charge on any atom is 0.0678 e. The van der Waals surface area contributed by atoms with Crippen LogP contribution in [0.5, 0.6) is 0 Å². The van der Waals surface area contributed by atoms with Crippen molar-refractivity contribution in [2.75, 3.05) is 0 Å². The van der Waals surface area contributed by atoms with E-state index in [9.17, 15) is 0 Å². The van der Waals surface area contributed by atoms with E-state index in [2.05, 4.69) is 29.4 Å². The molecule has 3 nitrogen and oxygen atoms in total. The summed E-state index contributed by atoms with van der Waals surface area (Å²) >= 11 is 0. The Kier molecular flexibility index (Phi) is 2.56. The first-order chi connectivity index (χ1) is 7.18. The van der Waals surface area contributed by atoms with Crippen molar-refractivity contribution in [1.82, 2.24) is 9.78 Å². The highest BCUT2D eigenvalue weighted by molar-refractivity contribution is 5.59. The molecule has 2 aromatic rings. The third-order valence-corrected chi connectivity index (χ3v) is 2.55. The first-order valence-electron chi connectivity index (χ1n) is 5.02. The van der Waals surface area contributed by atoms with Gasteiger partial charge in [-0.2, -0.15) is 5.10 Å². The Morgan fingerprint density at radius 2 is 1.87 bits per heavy atom. The van der Waals surface area contributed by atoms with Crippen molar-refractivity contribution in [3.63, 3.8) is 0 Å². The van der Waals surface area contributed by atoms with Crippen LogP contribution in [0.25, 0.3) is 11.3 Å². The van der Waals surface area contributed by atoms with Crippen LogP contribution in [0, 0.1) is 0 Å². The van der Waals surface area contributed by atoms with E-state index in [1.165, 1.54) is 5.56 Å². The van der Waals surface area contributed by atoms with Crippen LogP contribution < -0.4 is 5.73 Å². The minimum atomic E-state index is 0.0885. The van der Waals surface area contributed by atoms with E-state index < -0.39 is 0 Å². The largest absolute Gasteiger partial charge is 0.324 e. The zero-order valence-corrected chi connectivity index (χ0v) is 9.01.